The minimum atomic E-state index is -0.509. The minimum Gasteiger partial charge on any atom is -0.493 e. The maximum atomic E-state index is 11.6. The van der Waals surface area contributed by atoms with Crippen molar-refractivity contribution >= 4 is 12.0 Å². The van der Waals surface area contributed by atoms with Crippen molar-refractivity contribution in [2.45, 2.75) is 13.5 Å². The lowest BCUT2D eigenvalue weighted by Gasteiger charge is -2.07. The molecule has 2 rings (SSSR count). The summed E-state index contributed by atoms with van der Waals surface area (Å²) in [6, 6.07) is 5.31. The van der Waals surface area contributed by atoms with Gasteiger partial charge in [0.15, 0.2) is 23.9 Å². The van der Waals surface area contributed by atoms with Crippen molar-refractivity contribution in [2.24, 2.45) is 0 Å². The molecule has 0 atom stereocenters. The van der Waals surface area contributed by atoms with E-state index in [0.717, 1.165) is 5.56 Å². The van der Waals surface area contributed by atoms with Crippen LogP contribution < -0.4 is 9.47 Å². The molecular formula is C15H16N2O5. The van der Waals surface area contributed by atoms with Crippen molar-refractivity contribution in [3.05, 3.63) is 41.6 Å². The van der Waals surface area contributed by atoms with E-state index in [-0.39, 0.29) is 12.5 Å². The summed E-state index contributed by atoms with van der Waals surface area (Å²) in [6.07, 6.45) is 2.92. The van der Waals surface area contributed by atoms with E-state index in [1.807, 2.05) is 0 Å². The van der Waals surface area contributed by atoms with E-state index < -0.39 is 5.97 Å². The van der Waals surface area contributed by atoms with Crippen molar-refractivity contribution in [2.75, 3.05) is 14.2 Å². The lowest BCUT2D eigenvalue weighted by atomic mass is 10.2. The Morgan fingerprint density at radius 1 is 1.27 bits per heavy atom. The summed E-state index contributed by atoms with van der Waals surface area (Å²) in [4.78, 5) is 15.6. The summed E-state index contributed by atoms with van der Waals surface area (Å²) in [5.74, 6) is 1.44. The number of nitrogens with zero attached hydrogens (tertiary/aromatic N) is 2. The van der Waals surface area contributed by atoms with Gasteiger partial charge in [-0.05, 0) is 30.7 Å². The standard InChI is InChI=1S/C15H16N2O5/c1-10-16-14(22-17-10)9-21-15(18)7-5-11-4-6-12(19-2)13(8-11)20-3/h4-8H,9H2,1-3H3/b7-5+. The van der Waals surface area contributed by atoms with Crippen molar-refractivity contribution in [1.29, 1.82) is 0 Å². The van der Waals surface area contributed by atoms with Crippen LogP contribution in [0.2, 0.25) is 0 Å². The molecule has 1 heterocycles. The van der Waals surface area contributed by atoms with Gasteiger partial charge < -0.3 is 18.7 Å². The molecule has 0 fully saturated rings. The third-order valence-corrected chi connectivity index (χ3v) is 2.73. The Bertz CT molecular complexity index is 678. The first-order valence-electron chi connectivity index (χ1n) is 6.48. The van der Waals surface area contributed by atoms with Gasteiger partial charge in [-0.2, -0.15) is 4.98 Å². The third kappa shape index (κ3) is 4.08. The second-order valence-electron chi connectivity index (χ2n) is 4.29. The second-order valence-corrected chi connectivity index (χ2v) is 4.29. The quantitative estimate of drug-likeness (QED) is 0.597. The highest BCUT2D eigenvalue weighted by Gasteiger charge is 2.06. The minimum absolute atomic E-state index is 0.0596. The molecule has 116 valence electrons. The van der Waals surface area contributed by atoms with Crippen LogP contribution in [0.3, 0.4) is 0 Å². The zero-order valence-corrected chi connectivity index (χ0v) is 12.5. The van der Waals surface area contributed by atoms with Gasteiger partial charge in [-0.3, -0.25) is 0 Å². The molecule has 0 amide bonds. The highest BCUT2D eigenvalue weighted by atomic mass is 16.6. The molecule has 7 heteroatoms. The van der Waals surface area contributed by atoms with Gasteiger partial charge in [0, 0.05) is 6.08 Å². The van der Waals surface area contributed by atoms with E-state index in [1.165, 1.54) is 6.08 Å². The van der Waals surface area contributed by atoms with Gasteiger partial charge >= 0.3 is 5.97 Å². The smallest absolute Gasteiger partial charge is 0.331 e. The Labute approximate surface area is 127 Å². The van der Waals surface area contributed by atoms with E-state index in [1.54, 1.807) is 45.4 Å². The lowest BCUT2D eigenvalue weighted by Crippen LogP contribution is -2.01. The number of carbonyl (C=O) groups is 1. The van der Waals surface area contributed by atoms with E-state index in [4.69, 9.17) is 18.7 Å². The number of benzene rings is 1. The van der Waals surface area contributed by atoms with E-state index in [2.05, 4.69) is 10.1 Å². The van der Waals surface area contributed by atoms with Gasteiger partial charge in [-0.15, -0.1) is 0 Å². The second kappa shape index (κ2) is 7.26. The zero-order valence-electron chi connectivity index (χ0n) is 12.5. The molecule has 1 aromatic carbocycles. The molecule has 1 aromatic heterocycles. The van der Waals surface area contributed by atoms with Crippen LogP contribution in [0.15, 0.2) is 28.8 Å². The third-order valence-electron chi connectivity index (χ3n) is 2.73. The molecular weight excluding hydrogens is 288 g/mol. The molecule has 0 aliphatic rings. The van der Waals surface area contributed by atoms with Gasteiger partial charge in [0.05, 0.1) is 14.2 Å². The molecule has 0 saturated carbocycles. The van der Waals surface area contributed by atoms with Crippen LogP contribution in [0.25, 0.3) is 6.08 Å². The molecule has 0 N–H and O–H groups in total. The summed E-state index contributed by atoms with van der Waals surface area (Å²) in [7, 11) is 3.11. The van der Waals surface area contributed by atoms with Crippen LogP contribution >= 0.6 is 0 Å². The molecule has 0 aliphatic carbocycles. The maximum absolute atomic E-state index is 11.6. The SMILES string of the molecule is COc1ccc(/C=C/C(=O)OCc2nc(C)no2)cc1OC. The van der Waals surface area contributed by atoms with Gasteiger partial charge in [0.2, 0.25) is 0 Å². The van der Waals surface area contributed by atoms with Crippen LogP contribution in [0.5, 0.6) is 11.5 Å². The highest BCUT2D eigenvalue weighted by Crippen LogP contribution is 2.27. The number of aryl methyl sites for hydroxylation is 1. The largest absolute Gasteiger partial charge is 0.493 e. The Balaban J connectivity index is 1.94. The van der Waals surface area contributed by atoms with Crippen LogP contribution in [0.4, 0.5) is 0 Å². The number of esters is 1. The van der Waals surface area contributed by atoms with E-state index >= 15 is 0 Å². The number of methoxy groups -OCH3 is 2. The molecule has 0 aliphatic heterocycles. The van der Waals surface area contributed by atoms with Crippen molar-refractivity contribution in [1.82, 2.24) is 10.1 Å². The van der Waals surface area contributed by atoms with Crippen LogP contribution in [0, 0.1) is 6.92 Å². The fourth-order valence-electron chi connectivity index (χ4n) is 1.70. The summed E-state index contributed by atoms with van der Waals surface area (Å²) >= 11 is 0. The normalized spacial score (nSPS) is 10.7. The average molecular weight is 304 g/mol. The number of hydrogen-bond acceptors (Lipinski definition) is 7. The Kier molecular flexibility index (Phi) is 5.13. The monoisotopic (exact) mass is 304 g/mol. The van der Waals surface area contributed by atoms with Crippen LogP contribution in [-0.4, -0.2) is 30.3 Å². The first-order valence-corrected chi connectivity index (χ1v) is 6.48. The fourth-order valence-corrected chi connectivity index (χ4v) is 1.70. The van der Waals surface area contributed by atoms with E-state index in [9.17, 15) is 4.79 Å². The first kappa shape index (κ1) is 15.6. The maximum Gasteiger partial charge on any atom is 0.331 e. The predicted molar refractivity (Wildman–Crippen MR) is 77.4 cm³/mol. The molecule has 0 saturated heterocycles. The number of aromatic nitrogens is 2. The van der Waals surface area contributed by atoms with Gasteiger partial charge in [-0.25, -0.2) is 4.79 Å². The predicted octanol–water partition coefficient (Wildman–Crippen LogP) is 2.15. The van der Waals surface area contributed by atoms with Crippen molar-refractivity contribution in [3.8, 4) is 11.5 Å². The molecule has 2 aromatic rings. The number of ether oxygens (including phenoxy) is 3. The highest BCUT2D eigenvalue weighted by molar-refractivity contribution is 5.87. The molecule has 0 spiro atoms. The molecule has 0 radical (unpaired) electrons. The molecule has 22 heavy (non-hydrogen) atoms. The summed E-state index contributed by atoms with van der Waals surface area (Å²) < 4.78 is 20.2. The first-order chi connectivity index (χ1) is 10.6. The summed E-state index contributed by atoms with van der Waals surface area (Å²) in [5, 5.41) is 3.60. The van der Waals surface area contributed by atoms with Gasteiger partial charge in [-0.1, -0.05) is 11.2 Å². The van der Waals surface area contributed by atoms with Gasteiger partial charge in [0.1, 0.15) is 0 Å². The summed E-state index contributed by atoms with van der Waals surface area (Å²) in [5.41, 5.74) is 0.781. The number of hydrogen-bond donors (Lipinski definition) is 0. The fraction of sp³-hybridized carbons (Fsp3) is 0.267. The van der Waals surface area contributed by atoms with E-state index in [0.29, 0.717) is 17.3 Å². The molecule has 0 bridgehead atoms. The number of carbonyl (C=O) groups excluding carboxylic acids is 1. The Hall–Kier alpha value is -2.83. The molecule has 7 nitrogen and oxygen atoms in total. The Morgan fingerprint density at radius 2 is 2.05 bits per heavy atom. The Morgan fingerprint density at radius 3 is 2.68 bits per heavy atom. The molecule has 0 unspecified atom stereocenters. The lowest BCUT2D eigenvalue weighted by molar-refractivity contribution is -0.139. The topological polar surface area (TPSA) is 83.7 Å². The van der Waals surface area contributed by atoms with Crippen LogP contribution in [-0.2, 0) is 16.1 Å². The summed E-state index contributed by atoms with van der Waals surface area (Å²) in [6.45, 7) is 1.63. The zero-order chi connectivity index (χ0) is 15.9. The average Bonchev–Trinajstić information content (AvgIpc) is 2.96. The van der Waals surface area contributed by atoms with Gasteiger partial charge in [0.25, 0.3) is 5.89 Å². The van der Waals surface area contributed by atoms with Crippen molar-refractivity contribution < 1.29 is 23.5 Å². The number of rotatable bonds is 6. The van der Waals surface area contributed by atoms with Crippen molar-refractivity contribution in [3.63, 3.8) is 0 Å². The van der Waals surface area contributed by atoms with Crippen LogP contribution in [0.1, 0.15) is 17.3 Å².